The zero-order valence-electron chi connectivity index (χ0n) is 16.8. The van der Waals surface area contributed by atoms with E-state index >= 15 is 0 Å². The highest BCUT2D eigenvalue weighted by Crippen LogP contribution is 2.32. The van der Waals surface area contributed by atoms with Gasteiger partial charge < -0.3 is 20.1 Å². The van der Waals surface area contributed by atoms with E-state index in [0.29, 0.717) is 31.5 Å². The van der Waals surface area contributed by atoms with Gasteiger partial charge in [-0.3, -0.25) is 0 Å². The molecule has 1 aliphatic rings. The average Bonchev–Trinajstić information content (AvgIpc) is 2.91. The third kappa shape index (κ3) is 6.67. The summed E-state index contributed by atoms with van der Waals surface area (Å²) in [6.07, 6.45) is 2.06. The number of guanidine groups is 1. The van der Waals surface area contributed by atoms with Crippen LogP contribution in [-0.4, -0.2) is 46.1 Å². The van der Waals surface area contributed by atoms with Crippen LogP contribution in [0.4, 0.5) is 5.69 Å². The van der Waals surface area contributed by atoms with Gasteiger partial charge in [0.15, 0.2) is 17.5 Å². The molecule has 0 unspecified atom stereocenters. The molecular formula is C21H27N3O4S. The van der Waals surface area contributed by atoms with Gasteiger partial charge in [0.1, 0.15) is 9.84 Å². The molecule has 0 aliphatic carbocycles. The summed E-state index contributed by atoms with van der Waals surface area (Å²) in [6, 6.07) is 13.6. The molecule has 156 valence electrons. The molecule has 0 radical (unpaired) electrons. The number of anilines is 1. The highest BCUT2D eigenvalue weighted by Gasteiger charge is 2.12. The smallest absolute Gasteiger partial charge is 0.196 e. The van der Waals surface area contributed by atoms with Crippen LogP contribution in [0.15, 0.2) is 47.5 Å². The van der Waals surface area contributed by atoms with Crippen molar-refractivity contribution in [2.75, 3.05) is 37.1 Å². The van der Waals surface area contributed by atoms with Crippen LogP contribution in [0.1, 0.15) is 17.5 Å². The molecule has 0 spiro atoms. The Morgan fingerprint density at radius 2 is 1.86 bits per heavy atom. The number of hydrogen-bond acceptors (Lipinski definition) is 5. The normalized spacial score (nSPS) is 14.2. The highest BCUT2D eigenvalue weighted by atomic mass is 32.2. The van der Waals surface area contributed by atoms with Gasteiger partial charge >= 0.3 is 0 Å². The van der Waals surface area contributed by atoms with Crippen molar-refractivity contribution in [2.45, 2.75) is 19.9 Å². The topological polar surface area (TPSA) is 89.0 Å². The van der Waals surface area contributed by atoms with Gasteiger partial charge in [-0.25, -0.2) is 13.4 Å². The second-order valence-corrected chi connectivity index (χ2v) is 9.24. The van der Waals surface area contributed by atoms with Crippen molar-refractivity contribution in [3.8, 4) is 11.5 Å². The van der Waals surface area contributed by atoms with Gasteiger partial charge in [0.05, 0.1) is 25.5 Å². The van der Waals surface area contributed by atoms with Crippen LogP contribution in [0.5, 0.6) is 11.5 Å². The van der Waals surface area contributed by atoms with Crippen LogP contribution in [0.2, 0.25) is 0 Å². The zero-order chi connectivity index (χ0) is 20.7. The minimum Gasteiger partial charge on any atom is -0.490 e. The number of hydrogen-bond donors (Lipinski definition) is 2. The highest BCUT2D eigenvalue weighted by molar-refractivity contribution is 7.90. The van der Waals surface area contributed by atoms with Crippen molar-refractivity contribution in [3.63, 3.8) is 0 Å². The first-order valence-corrected chi connectivity index (χ1v) is 11.6. The number of ether oxygens (including phenoxy) is 2. The second kappa shape index (κ2) is 9.65. The lowest BCUT2D eigenvalue weighted by molar-refractivity contribution is 0.297. The number of aliphatic imine (C=N–C) groups is 1. The maximum atomic E-state index is 11.5. The molecule has 0 saturated heterocycles. The fourth-order valence-corrected chi connectivity index (χ4v) is 3.30. The Balaban J connectivity index is 1.76. The van der Waals surface area contributed by atoms with Crippen LogP contribution in [-0.2, 0) is 16.4 Å². The van der Waals surface area contributed by atoms with Crippen LogP contribution in [0, 0.1) is 6.92 Å². The molecule has 1 aliphatic heterocycles. The van der Waals surface area contributed by atoms with E-state index in [1.807, 2.05) is 49.4 Å². The first kappa shape index (κ1) is 21.0. The van der Waals surface area contributed by atoms with E-state index in [1.165, 1.54) is 6.26 Å². The number of sulfone groups is 1. The Morgan fingerprint density at radius 1 is 1.10 bits per heavy atom. The molecule has 2 N–H and O–H groups in total. The van der Waals surface area contributed by atoms with E-state index in [4.69, 9.17) is 9.47 Å². The van der Waals surface area contributed by atoms with Crippen molar-refractivity contribution in [2.24, 2.45) is 4.99 Å². The van der Waals surface area contributed by atoms with Crippen LogP contribution < -0.4 is 20.1 Å². The molecule has 0 atom stereocenters. The Kier molecular flexibility index (Phi) is 6.98. The maximum Gasteiger partial charge on any atom is 0.196 e. The van der Waals surface area contributed by atoms with E-state index < -0.39 is 9.84 Å². The molecule has 0 bridgehead atoms. The predicted octanol–water partition coefficient (Wildman–Crippen LogP) is 2.76. The van der Waals surface area contributed by atoms with Gasteiger partial charge in [-0.1, -0.05) is 24.3 Å². The quantitative estimate of drug-likeness (QED) is 0.555. The fraction of sp³-hybridized carbons (Fsp3) is 0.381. The van der Waals surface area contributed by atoms with Crippen LogP contribution >= 0.6 is 0 Å². The third-order valence-electron chi connectivity index (χ3n) is 4.44. The lowest BCUT2D eigenvalue weighted by Gasteiger charge is -2.15. The van der Waals surface area contributed by atoms with E-state index in [0.717, 1.165) is 29.0 Å². The summed E-state index contributed by atoms with van der Waals surface area (Å²) in [6.45, 7) is 4.03. The van der Waals surface area contributed by atoms with E-state index in [2.05, 4.69) is 15.6 Å². The maximum absolute atomic E-state index is 11.5. The summed E-state index contributed by atoms with van der Waals surface area (Å²) in [5, 5.41) is 6.33. The summed E-state index contributed by atoms with van der Waals surface area (Å²) in [7, 11) is -3.06. The zero-order valence-corrected chi connectivity index (χ0v) is 17.6. The molecule has 3 rings (SSSR count). The van der Waals surface area contributed by atoms with Crippen molar-refractivity contribution in [3.05, 3.63) is 53.6 Å². The monoisotopic (exact) mass is 417 g/mol. The minimum atomic E-state index is -3.06. The molecule has 2 aromatic rings. The number of benzene rings is 2. The van der Waals surface area contributed by atoms with Gasteiger partial charge in [-0.05, 0) is 30.2 Å². The van der Waals surface area contributed by atoms with E-state index in [-0.39, 0.29) is 12.3 Å². The Labute approximate surface area is 172 Å². The number of aryl methyl sites for hydroxylation is 1. The summed E-state index contributed by atoms with van der Waals surface area (Å²) in [5.74, 6) is 1.93. The first-order chi connectivity index (χ1) is 13.9. The first-order valence-electron chi connectivity index (χ1n) is 9.58. The molecule has 0 fully saturated rings. The molecule has 0 amide bonds. The second-order valence-electron chi connectivity index (χ2n) is 6.98. The standard InChI is InChI=1S/C21H27N3O4S/c1-16-6-3-4-7-17(16)15-23-21(22-10-13-29(2,25)26)24-18-8-9-19-20(14-18)28-12-5-11-27-19/h3-4,6-9,14H,5,10-13,15H2,1-2H3,(H2,22,23,24). The minimum absolute atomic E-state index is 0.0270. The Bertz CT molecular complexity index is 974. The van der Waals surface area contributed by atoms with Gasteiger partial charge in [0, 0.05) is 31.0 Å². The number of fused-ring (bicyclic) bond motifs is 1. The van der Waals surface area contributed by atoms with Crippen molar-refractivity contribution in [1.82, 2.24) is 5.32 Å². The predicted molar refractivity (Wildman–Crippen MR) is 116 cm³/mol. The Hall–Kier alpha value is -2.74. The van der Waals surface area contributed by atoms with Crippen molar-refractivity contribution >= 4 is 21.5 Å². The number of nitrogens with zero attached hydrogens (tertiary/aromatic N) is 1. The molecular weight excluding hydrogens is 390 g/mol. The molecule has 2 aromatic carbocycles. The molecule has 0 saturated carbocycles. The Morgan fingerprint density at radius 3 is 2.62 bits per heavy atom. The lowest BCUT2D eigenvalue weighted by Crippen LogP contribution is -2.34. The molecule has 0 aromatic heterocycles. The average molecular weight is 418 g/mol. The SMILES string of the molecule is Cc1ccccc1CN=C(NCCS(C)(=O)=O)Nc1ccc2c(c1)OCCCO2. The van der Waals surface area contributed by atoms with Crippen LogP contribution in [0.3, 0.4) is 0 Å². The van der Waals surface area contributed by atoms with Gasteiger partial charge in [-0.15, -0.1) is 0 Å². The van der Waals surface area contributed by atoms with Gasteiger partial charge in [0.2, 0.25) is 0 Å². The van der Waals surface area contributed by atoms with Gasteiger partial charge in [0.25, 0.3) is 0 Å². The van der Waals surface area contributed by atoms with Gasteiger partial charge in [-0.2, -0.15) is 0 Å². The third-order valence-corrected chi connectivity index (χ3v) is 5.39. The van der Waals surface area contributed by atoms with Crippen molar-refractivity contribution in [1.29, 1.82) is 0 Å². The molecule has 1 heterocycles. The molecule has 7 nitrogen and oxygen atoms in total. The summed E-state index contributed by atoms with van der Waals surface area (Å²) < 4.78 is 34.3. The largest absolute Gasteiger partial charge is 0.490 e. The fourth-order valence-electron chi connectivity index (χ4n) is 2.82. The van der Waals surface area contributed by atoms with Crippen LogP contribution in [0.25, 0.3) is 0 Å². The number of rotatable bonds is 6. The number of nitrogens with one attached hydrogen (secondary N) is 2. The van der Waals surface area contributed by atoms with Crippen molar-refractivity contribution < 1.29 is 17.9 Å². The van der Waals surface area contributed by atoms with E-state index in [1.54, 1.807) is 0 Å². The lowest BCUT2D eigenvalue weighted by atomic mass is 10.1. The summed E-state index contributed by atoms with van der Waals surface area (Å²) in [4.78, 5) is 4.63. The molecule has 29 heavy (non-hydrogen) atoms. The van der Waals surface area contributed by atoms with E-state index in [9.17, 15) is 8.42 Å². The summed E-state index contributed by atoms with van der Waals surface area (Å²) >= 11 is 0. The molecule has 8 heteroatoms. The summed E-state index contributed by atoms with van der Waals surface area (Å²) in [5.41, 5.74) is 3.04.